The molecule has 0 aliphatic carbocycles. The number of rotatable bonds is 6. The number of benzene rings is 2. The van der Waals surface area contributed by atoms with Gasteiger partial charge in [0, 0.05) is 16.1 Å². The second kappa shape index (κ2) is 7.84. The van der Waals surface area contributed by atoms with Gasteiger partial charge < -0.3 is 5.32 Å². The molecular weight excluding hydrogens is 301 g/mol. The molecule has 0 radical (unpaired) electrons. The van der Waals surface area contributed by atoms with Crippen LogP contribution in [0.4, 0.5) is 0 Å². The van der Waals surface area contributed by atoms with Crippen molar-refractivity contribution < 1.29 is 0 Å². The van der Waals surface area contributed by atoms with Gasteiger partial charge in [0.15, 0.2) is 0 Å². The highest BCUT2D eigenvalue weighted by Crippen LogP contribution is 2.28. The van der Waals surface area contributed by atoms with Gasteiger partial charge >= 0.3 is 0 Å². The summed E-state index contributed by atoms with van der Waals surface area (Å²) in [6.07, 6.45) is 1.94. The summed E-state index contributed by atoms with van der Waals surface area (Å²) in [5.74, 6) is 0.450. The predicted octanol–water partition coefficient (Wildman–Crippen LogP) is 5.32. The van der Waals surface area contributed by atoms with Crippen LogP contribution in [0.15, 0.2) is 48.5 Å². The van der Waals surface area contributed by atoms with Gasteiger partial charge in [-0.1, -0.05) is 60.5 Å². The van der Waals surface area contributed by atoms with Crippen LogP contribution in [-0.2, 0) is 6.42 Å². The second-order valence-electron chi connectivity index (χ2n) is 5.26. The molecule has 1 N–H and O–H groups in total. The van der Waals surface area contributed by atoms with Crippen LogP contribution < -0.4 is 5.32 Å². The zero-order valence-electron chi connectivity index (χ0n) is 12.4. The first-order chi connectivity index (χ1) is 10.2. The van der Waals surface area contributed by atoms with E-state index >= 15 is 0 Å². The van der Waals surface area contributed by atoms with Crippen LogP contribution >= 0.6 is 23.2 Å². The fourth-order valence-corrected chi connectivity index (χ4v) is 3.22. The minimum Gasteiger partial charge on any atom is -0.316 e. The van der Waals surface area contributed by atoms with Crippen LogP contribution in [0, 0.1) is 0 Å². The highest BCUT2D eigenvalue weighted by Gasteiger charge is 2.21. The van der Waals surface area contributed by atoms with Crippen molar-refractivity contribution in [2.24, 2.45) is 0 Å². The molecule has 2 unspecified atom stereocenters. The standard InChI is InChI=1S/C18H21Cl2N/c1-3-16(13-7-5-4-6-8-13)18(21-2)12-14-11-15(19)9-10-17(14)20/h4-11,16,18,21H,3,12H2,1-2H3. The van der Waals surface area contributed by atoms with E-state index in [2.05, 4.69) is 42.6 Å². The Morgan fingerprint density at radius 1 is 1.05 bits per heavy atom. The lowest BCUT2D eigenvalue weighted by Crippen LogP contribution is -2.34. The fraction of sp³-hybridized carbons (Fsp3) is 0.333. The maximum atomic E-state index is 6.30. The summed E-state index contributed by atoms with van der Waals surface area (Å²) < 4.78 is 0. The Morgan fingerprint density at radius 2 is 1.76 bits per heavy atom. The minimum absolute atomic E-state index is 0.327. The average molecular weight is 322 g/mol. The molecule has 0 saturated carbocycles. The normalized spacial score (nSPS) is 13.9. The van der Waals surface area contributed by atoms with E-state index in [-0.39, 0.29) is 0 Å². The molecule has 0 fully saturated rings. The van der Waals surface area contributed by atoms with E-state index in [1.807, 2.05) is 25.2 Å². The van der Waals surface area contributed by atoms with Crippen molar-refractivity contribution in [2.45, 2.75) is 31.7 Å². The van der Waals surface area contributed by atoms with Crippen LogP contribution in [0.25, 0.3) is 0 Å². The van der Waals surface area contributed by atoms with Crippen LogP contribution in [0.2, 0.25) is 10.0 Å². The molecule has 112 valence electrons. The van der Waals surface area contributed by atoms with E-state index in [0.29, 0.717) is 12.0 Å². The van der Waals surface area contributed by atoms with Gasteiger partial charge in [-0.15, -0.1) is 0 Å². The van der Waals surface area contributed by atoms with E-state index in [9.17, 15) is 0 Å². The maximum Gasteiger partial charge on any atom is 0.0439 e. The molecule has 2 aromatic carbocycles. The van der Waals surface area contributed by atoms with Crippen molar-refractivity contribution in [1.82, 2.24) is 5.32 Å². The molecular formula is C18H21Cl2N. The highest BCUT2D eigenvalue weighted by atomic mass is 35.5. The molecule has 1 nitrogen and oxygen atoms in total. The van der Waals surface area contributed by atoms with Gasteiger partial charge in [-0.2, -0.15) is 0 Å². The smallest absolute Gasteiger partial charge is 0.0439 e. The summed E-state index contributed by atoms with van der Waals surface area (Å²) in [5.41, 5.74) is 2.45. The molecule has 0 amide bonds. The lowest BCUT2D eigenvalue weighted by molar-refractivity contribution is 0.448. The topological polar surface area (TPSA) is 12.0 Å². The van der Waals surface area contributed by atoms with E-state index in [1.165, 1.54) is 5.56 Å². The van der Waals surface area contributed by atoms with Crippen molar-refractivity contribution in [3.63, 3.8) is 0 Å². The van der Waals surface area contributed by atoms with Gasteiger partial charge in [0.2, 0.25) is 0 Å². The molecule has 0 aliphatic rings. The highest BCUT2D eigenvalue weighted by molar-refractivity contribution is 6.33. The molecule has 2 rings (SSSR count). The van der Waals surface area contributed by atoms with Crippen molar-refractivity contribution in [3.05, 3.63) is 69.7 Å². The molecule has 0 spiro atoms. The molecule has 0 aliphatic heterocycles. The third-order valence-corrected chi connectivity index (χ3v) is 4.58. The summed E-state index contributed by atoms with van der Waals surface area (Å²) >= 11 is 12.4. The van der Waals surface area contributed by atoms with E-state index in [4.69, 9.17) is 23.2 Å². The van der Waals surface area contributed by atoms with Gasteiger partial charge in [0.1, 0.15) is 0 Å². The maximum absolute atomic E-state index is 6.30. The summed E-state index contributed by atoms with van der Waals surface area (Å²) in [6.45, 7) is 2.22. The van der Waals surface area contributed by atoms with Crippen LogP contribution in [0.5, 0.6) is 0 Å². The SMILES string of the molecule is CCC(c1ccccc1)C(Cc1cc(Cl)ccc1Cl)NC. The van der Waals surface area contributed by atoms with Crippen molar-refractivity contribution in [1.29, 1.82) is 0 Å². The number of likely N-dealkylation sites (N-methyl/N-ethyl adjacent to an activating group) is 1. The Hall–Kier alpha value is -1.02. The average Bonchev–Trinajstić information content (AvgIpc) is 2.51. The molecule has 0 bridgehead atoms. The molecule has 2 atom stereocenters. The monoisotopic (exact) mass is 321 g/mol. The lowest BCUT2D eigenvalue weighted by Gasteiger charge is -2.27. The zero-order valence-corrected chi connectivity index (χ0v) is 14.0. The first kappa shape index (κ1) is 16.4. The van der Waals surface area contributed by atoms with Gasteiger partial charge in [-0.3, -0.25) is 0 Å². The summed E-state index contributed by atoms with van der Waals surface area (Å²) in [7, 11) is 2.01. The largest absolute Gasteiger partial charge is 0.316 e. The van der Waals surface area contributed by atoms with Crippen LogP contribution in [-0.4, -0.2) is 13.1 Å². The third-order valence-electron chi connectivity index (χ3n) is 3.97. The van der Waals surface area contributed by atoms with Crippen molar-refractivity contribution in [2.75, 3.05) is 7.05 Å². The Labute approximate surface area is 137 Å². The van der Waals surface area contributed by atoms with Gasteiger partial charge in [-0.25, -0.2) is 0 Å². The van der Waals surface area contributed by atoms with E-state index < -0.39 is 0 Å². The molecule has 3 heteroatoms. The summed E-state index contributed by atoms with van der Waals surface area (Å²) in [4.78, 5) is 0. The Kier molecular flexibility index (Phi) is 6.10. The Bertz CT molecular complexity index is 569. The number of hydrogen-bond donors (Lipinski definition) is 1. The van der Waals surface area contributed by atoms with Crippen molar-refractivity contribution >= 4 is 23.2 Å². The van der Waals surface area contributed by atoms with Crippen molar-refractivity contribution in [3.8, 4) is 0 Å². The molecule has 0 aromatic heterocycles. The minimum atomic E-state index is 0.327. The van der Waals surface area contributed by atoms with E-state index in [1.54, 1.807) is 0 Å². The van der Waals surface area contributed by atoms with Gasteiger partial charge in [-0.05, 0) is 55.1 Å². The molecule has 2 aromatic rings. The fourth-order valence-electron chi connectivity index (χ4n) is 2.83. The lowest BCUT2D eigenvalue weighted by atomic mass is 9.86. The quantitative estimate of drug-likeness (QED) is 0.759. The van der Waals surface area contributed by atoms with Gasteiger partial charge in [0.05, 0.1) is 0 Å². The second-order valence-corrected chi connectivity index (χ2v) is 6.10. The number of hydrogen-bond acceptors (Lipinski definition) is 1. The van der Waals surface area contributed by atoms with Crippen LogP contribution in [0.3, 0.4) is 0 Å². The Balaban J connectivity index is 2.24. The summed E-state index contributed by atoms with van der Waals surface area (Å²) in [6, 6.07) is 16.6. The molecule has 0 saturated heterocycles. The zero-order chi connectivity index (χ0) is 15.2. The third kappa shape index (κ3) is 4.23. The van der Waals surface area contributed by atoms with E-state index in [0.717, 1.165) is 28.5 Å². The molecule has 21 heavy (non-hydrogen) atoms. The summed E-state index contributed by atoms with van der Waals surface area (Å²) in [5, 5.41) is 4.96. The number of nitrogens with one attached hydrogen (secondary N) is 1. The first-order valence-corrected chi connectivity index (χ1v) is 8.07. The molecule has 0 heterocycles. The van der Waals surface area contributed by atoms with Gasteiger partial charge in [0.25, 0.3) is 0 Å². The predicted molar refractivity (Wildman–Crippen MR) is 92.5 cm³/mol. The number of halogens is 2. The first-order valence-electron chi connectivity index (χ1n) is 7.31. The Morgan fingerprint density at radius 3 is 2.38 bits per heavy atom. The van der Waals surface area contributed by atoms with Crippen LogP contribution in [0.1, 0.15) is 30.4 Å².